The van der Waals surface area contributed by atoms with Gasteiger partial charge >= 0.3 is 0 Å². The summed E-state index contributed by atoms with van der Waals surface area (Å²) < 4.78 is 48.1. The van der Waals surface area contributed by atoms with Crippen LogP contribution in [0.2, 0.25) is 0 Å². The number of ether oxygens (including phenoxy) is 1. The molecule has 1 aromatic carbocycles. The fraction of sp³-hybridized carbons (Fsp3) is 0.391. The molecular formula is C23H24F3N7O2. The highest BCUT2D eigenvalue weighted by molar-refractivity contribution is 5.99. The number of halogens is 3. The standard InChI is InChI=1S/C23H24F3N7O2/c1-11-28-20-15(24)6-12(7-16(20)33(11)10-17(25)26)14-8-27-21-19(14)22(35-3)31-23(30-21)29-13-4-5-18(34)32(2)9-13/h6-8,13,17H,4-5,9-10H2,1-3H3,(H2,27,29,30,31)/t13-/m0/s1. The van der Waals surface area contributed by atoms with E-state index in [4.69, 9.17) is 4.74 Å². The second-order valence-corrected chi connectivity index (χ2v) is 8.62. The largest absolute Gasteiger partial charge is 0.480 e. The zero-order chi connectivity index (χ0) is 24.9. The highest BCUT2D eigenvalue weighted by Gasteiger charge is 2.25. The van der Waals surface area contributed by atoms with Crippen molar-refractivity contribution in [3.8, 4) is 17.0 Å². The van der Waals surface area contributed by atoms with Gasteiger partial charge in [0.2, 0.25) is 17.7 Å². The molecule has 0 bridgehead atoms. The highest BCUT2D eigenvalue weighted by atomic mass is 19.3. The van der Waals surface area contributed by atoms with Crippen LogP contribution in [0.4, 0.5) is 19.1 Å². The number of nitrogens with one attached hydrogen (secondary N) is 2. The van der Waals surface area contributed by atoms with Crippen LogP contribution in [0.5, 0.6) is 5.88 Å². The molecule has 1 aliphatic heterocycles. The van der Waals surface area contributed by atoms with E-state index in [1.807, 2.05) is 0 Å². The van der Waals surface area contributed by atoms with Gasteiger partial charge in [-0.05, 0) is 31.0 Å². The van der Waals surface area contributed by atoms with Crippen molar-refractivity contribution >= 4 is 33.9 Å². The number of amides is 1. The normalized spacial score (nSPS) is 16.6. The number of nitrogens with zero attached hydrogens (tertiary/aromatic N) is 5. The van der Waals surface area contributed by atoms with Crippen LogP contribution in [0.25, 0.3) is 33.2 Å². The Morgan fingerprint density at radius 1 is 1.29 bits per heavy atom. The minimum Gasteiger partial charge on any atom is -0.480 e. The SMILES string of the molecule is COc1nc(N[C@H]2CCC(=O)N(C)C2)nc2[nH]cc(-c3cc(F)c4nc(C)n(CC(F)F)c4c3)c12. The Kier molecular flexibility index (Phi) is 5.73. The summed E-state index contributed by atoms with van der Waals surface area (Å²) in [5.41, 5.74) is 1.80. The summed E-state index contributed by atoms with van der Waals surface area (Å²) in [5, 5.41) is 3.78. The third kappa shape index (κ3) is 4.13. The molecule has 1 atom stereocenters. The zero-order valence-corrected chi connectivity index (χ0v) is 19.4. The maximum atomic E-state index is 15.0. The number of likely N-dealkylation sites (N-methyl/N-ethyl adjacent to an activating group) is 1. The number of anilines is 1. The van der Waals surface area contributed by atoms with Crippen molar-refractivity contribution in [2.45, 2.75) is 38.8 Å². The molecule has 4 aromatic rings. The molecule has 0 unspecified atom stereocenters. The highest BCUT2D eigenvalue weighted by Crippen LogP contribution is 2.36. The number of likely N-dealkylation sites (tertiary alicyclic amines) is 1. The minimum atomic E-state index is -2.60. The van der Waals surface area contributed by atoms with E-state index < -0.39 is 18.8 Å². The van der Waals surface area contributed by atoms with Crippen LogP contribution in [0.3, 0.4) is 0 Å². The molecule has 12 heteroatoms. The first-order valence-electron chi connectivity index (χ1n) is 11.1. The Morgan fingerprint density at radius 3 is 2.80 bits per heavy atom. The molecule has 35 heavy (non-hydrogen) atoms. The Bertz CT molecular complexity index is 1430. The van der Waals surface area contributed by atoms with Gasteiger partial charge in [0.1, 0.15) is 17.0 Å². The maximum Gasteiger partial charge on any atom is 0.256 e. The Morgan fingerprint density at radius 2 is 2.09 bits per heavy atom. The Balaban J connectivity index is 1.56. The van der Waals surface area contributed by atoms with Crippen LogP contribution in [-0.4, -0.2) is 68.5 Å². The average Bonchev–Trinajstić information content (AvgIpc) is 3.37. The third-order valence-electron chi connectivity index (χ3n) is 6.28. The molecule has 1 fully saturated rings. The van der Waals surface area contributed by atoms with Gasteiger partial charge in [0.05, 0.1) is 24.6 Å². The Hall–Kier alpha value is -3.83. The number of H-pyrrole nitrogens is 1. The fourth-order valence-corrected chi connectivity index (χ4v) is 4.57. The molecule has 4 heterocycles. The number of rotatable bonds is 6. The number of carbonyl (C=O) groups is 1. The fourth-order valence-electron chi connectivity index (χ4n) is 4.57. The van der Waals surface area contributed by atoms with Crippen LogP contribution >= 0.6 is 0 Å². The van der Waals surface area contributed by atoms with Gasteiger partial charge in [-0.25, -0.2) is 18.2 Å². The molecule has 1 amide bonds. The summed E-state index contributed by atoms with van der Waals surface area (Å²) in [7, 11) is 3.23. The summed E-state index contributed by atoms with van der Waals surface area (Å²) >= 11 is 0. The van der Waals surface area contributed by atoms with E-state index >= 15 is 0 Å². The Labute approximate surface area is 198 Å². The molecule has 0 radical (unpaired) electrons. The first kappa shape index (κ1) is 22.9. The molecule has 0 aliphatic carbocycles. The van der Waals surface area contributed by atoms with Gasteiger partial charge in [0.25, 0.3) is 6.43 Å². The van der Waals surface area contributed by atoms with Gasteiger partial charge in [0, 0.05) is 37.8 Å². The van der Waals surface area contributed by atoms with Crippen molar-refractivity contribution in [2.24, 2.45) is 0 Å². The van der Waals surface area contributed by atoms with E-state index in [9.17, 15) is 18.0 Å². The maximum absolute atomic E-state index is 15.0. The molecule has 9 nitrogen and oxygen atoms in total. The van der Waals surface area contributed by atoms with Gasteiger partial charge < -0.3 is 24.5 Å². The van der Waals surface area contributed by atoms with Gasteiger partial charge in [0.15, 0.2) is 5.82 Å². The van der Waals surface area contributed by atoms with Crippen LogP contribution in [0, 0.1) is 12.7 Å². The van der Waals surface area contributed by atoms with Gasteiger partial charge in [-0.1, -0.05) is 0 Å². The van der Waals surface area contributed by atoms with Crippen molar-refractivity contribution in [2.75, 3.05) is 26.0 Å². The molecule has 2 N–H and O–H groups in total. The summed E-state index contributed by atoms with van der Waals surface area (Å²) in [6.45, 7) is 1.52. The van der Waals surface area contributed by atoms with E-state index in [0.717, 1.165) is 0 Å². The number of methoxy groups -OCH3 is 1. The second-order valence-electron chi connectivity index (χ2n) is 8.62. The molecule has 3 aromatic heterocycles. The van der Waals surface area contributed by atoms with Gasteiger partial charge in [-0.2, -0.15) is 9.97 Å². The van der Waals surface area contributed by atoms with Gasteiger partial charge in [-0.3, -0.25) is 4.79 Å². The van der Waals surface area contributed by atoms with E-state index in [2.05, 4.69) is 25.3 Å². The number of aryl methyl sites for hydroxylation is 1. The van der Waals surface area contributed by atoms with Crippen LogP contribution in [0.15, 0.2) is 18.3 Å². The van der Waals surface area contributed by atoms with Crippen molar-refractivity contribution in [1.29, 1.82) is 0 Å². The monoisotopic (exact) mass is 487 g/mol. The predicted molar refractivity (Wildman–Crippen MR) is 124 cm³/mol. The predicted octanol–water partition coefficient (Wildman–Crippen LogP) is 3.73. The molecule has 0 saturated carbocycles. The van der Waals surface area contributed by atoms with Crippen molar-refractivity contribution < 1.29 is 22.7 Å². The lowest BCUT2D eigenvalue weighted by atomic mass is 10.0. The summed E-state index contributed by atoms with van der Waals surface area (Å²) in [5.74, 6) is 0.397. The summed E-state index contributed by atoms with van der Waals surface area (Å²) in [4.78, 5) is 29.6. The molecule has 5 rings (SSSR count). The van der Waals surface area contributed by atoms with Crippen LogP contribution < -0.4 is 10.1 Å². The lowest BCUT2D eigenvalue weighted by Gasteiger charge is -2.30. The molecule has 184 valence electrons. The topological polar surface area (TPSA) is 101 Å². The van der Waals surface area contributed by atoms with Crippen molar-refractivity contribution in [1.82, 2.24) is 29.4 Å². The number of fused-ring (bicyclic) bond motifs is 2. The first-order valence-corrected chi connectivity index (χ1v) is 11.1. The first-order chi connectivity index (χ1) is 16.7. The van der Waals surface area contributed by atoms with Gasteiger partial charge in [-0.15, -0.1) is 0 Å². The van der Waals surface area contributed by atoms with E-state index in [1.54, 1.807) is 31.1 Å². The minimum absolute atomic E-state index is 0.0100. The van der Waals surface area contributed by atoms with Crippen molar-refractivity contribution in [3.05, 3.63) is 30.0 Å². The van der Waals surface area contributed by atoms with Crippen LogP contribution in [0.1, 0.15) is 18.7 Å². The third-order valence-corrected chi connectivity index (χ3v) is 6.28. The molecule has 0 spiro atoms. The number of piperidine rings is 1. The molecule has 1 aliphatic rings. The number of imidazole rings is 1. The summed E-state index contributed by atoms with van der Waals surface area (Å²) in [6.07, 6.45) is 0.149. The van der Waals surface area contributed by atoms with Crippen LogP contribution in [-0.2, 0) is 11.3 Å². The molecule has 1 saturated heterocycles. The number of hydrogen-bond donors (Lipinski definition) is 2. The lowest BCUT2D eigenvalue weighted by Crippen LogP contribution is -2.43. The number of alkyl halides is 2. The summed E-state index contributed by atoms with van der Waals surface area (Å²) in [6, 6.07) is 2.93. The number of benzene rings is 1. The number of aromatic amines is 1. The number of hydrogen-bond acceptors (Lipinski definition) is 6. The van der Waals surface area contributed by atoms with E-state index in [0.29, 0.717) is 53.3 Å². The lowest BCUT2D eigenvalue weighted by molar-refractivity contribution is -0.132. The number of carbonyl (C=O) groups excluding carboxylic acids is 1. The zero-order valence-electron chi connectivity index (χ0n) is 19.4. The number of aromatic nitrogens is 5. The second kappa shape index (κ2) is 8.75. The average molecular weight is 487 g/mol. The quantitative estimate of drug-likeness (QED) is 0.430. The van der Waals surface area contributed by atoms with Crippen molar-refractivity contribution in [3.63, 3.8) is 0 Å². The molecular weight excluding hydrogens is 463 g/mol. The van der Waals surface area contributed by atoms with E-state index in [1.165, 1.54) is 17.7 Å². The van der Waals surface area contributed by atoms with E-state index in [-0.39, 0.29) is 28.9 Å². The smallest absolute Gasteiger partial charge is 0.256 e.